The molecule has 15 heavy (non-hydrogen) atoms. The Labute approximate surface area is 85.6 Å². The van der Waals surface area contributed by atoms with E-state index in [1.807, 2.05) is 0 Å². The molecule has 1 amide bonds. The highest BCUT2D eigenvalue weighted by Gasteiger charge is 2.53. The topological polar surface area (TPSA) is 32.3 Å². The highest BCUT2D eigenvalue weighted by Crippen LogP contribution is 2.37. The van der Waals surface area contributed by atoms with E-state index >= 15 is 0 Å². The zero-order chi connectivity index (χ0) is 11.1. The van der Waals surface area contributed by atoms with Crippen molar-refractivity contribution in [2.75, 3.05) is 19.6 Å². The first-order valence-corrected chi connectivity index (χ1v) is 5.05. The van der Waals surface area contributed by atoms with Gasteiger partial charge in [-0.05, 0) is 25.8 Å². The molecule has 1 unspecified atom stereocenters. The van der Waals surface area contributed by atoms with Crippen molar-refractivity contribution in [1.29, 1.82) is 0 Å². The van der Waals surface area contributed by atoms with Crippen LogP contribution in [0.25, 0.3) is 0 Å². The summed E-state index contributed by atoms with van der Waals surface area (Å²) in [6.45, 7) is 1.43. The molecule has 1 spiro atoms. The SMILES string of the molecule is O=C(N1CCCC12CCNC2)C(F)(F)F. The fraction of sp³-hybridized carbons (Fsp3) is 0.889. The Kier molecular flexibility index (Phi) is 2.41. The Balaban J connectivity index is 2.18. The molecule has 2 saturated heterocycles. The van der Waals surface area contributed by atoms with Crippen molar-refractivity contribution >= 4 is 5.91 Å². The molecule has 0 radical (unpaired) electrons. The Hall–Kier alpha value is -0.780. The maximum atomic E-state index is 12.3. The highest BCUT2D eigenvalue weighted by molar-refractivity contribution is 5.83. The van der Waals surface area contributed by atoms with Crippen LogP contribution >= 0.6 is 0 Å². The Morgan fingerprint density at radius 3 is 2.60 bits per heavy atom. The lowest BCUT2D eigenvalue weighted by Gasteiger charge is -2.34. The van der Waals surface area contributed by atoms with E-state index in [1.165, 1.54) is 0 Å². The van der Waals surface area contributed by atoms with Gasteiger partial charge in [0.05, 0.1) is 5.54 Å². The van der Waals surface area contributed by atoms with Crippen LogP contribution in [0.5, 0.6) is 0 Å². The lowest BCUT2D eigenvalue weighted by atomic mass is 9.95. The van der Waals surface area contributed by atoms with Gasteiger partial charge in [0.15, 0.2) is 0 Å². The molecule has 1 atom stereocenters. The summed E-state index contributed by atoms with van der Waals surface area (Å²) in [6.07, 6.45) is -2.75. The number of nitrogens with one attached hydrogen (secondary N) is 1. The molecule has 0 aromatic rings. The number of rotatable bonds is 0. The maximum Gasteiger partial charge on any atom is 0.471 e. The normalized spacial score (nSPS) is 31.5. The van der Waals surface area contributed by atoms with Crippen LogP contribution in [0.3, 0.4) is 0 Å². The summed E-state index contributed by atoms with van der Waals surface area (Å²) in [4.78, 5) is 12.2. The van der Waals surface area contributed by atoms with Gasteiger partial charge in [0.25, 0.3) is 0 Å². The number of hydrogen-bond acceptors (Lipinski definition) is 2. The third-order valence-electron chi connectivity index (χ3n) is 3.31. The first-order chi connectivity index (χ1) is 6.96. The van der Waals surface area contributed by atoms with Crippen LogP contribution in [0.1, 0.15) is 19.3 Å². The van der Waals surface area contributed by atoms with Crippen molar-refractivity contribution in [2.24, 2.45) is 0 Å². The molecule has 3 nitrogen and oxygen atoms in total. The molecule has 86 valence electrons. The highest BCUT2D eigenvalue weighted by atomic mass is 19.4. The lowest BCUT2D eigenvalue weighted by Crippen LogP contribution is -2.53. The molecule has 0 aromatic carbocycles. The summed E-state index contributed by atoms with van der Waals surface area (Å²) in [6, 6.07) is 0. The van der Waals surface area contributed by atoms with Crippen molar-refractivity contribution in [3.63, 3.8) is 0 Å². The van der Waals surface area contributed by atoms with Crippen LogP contribution in [0.2, 0.25) is 0 Å². The van der Waals surface area contributed by atoms with Crippen LogP contribution < -0.4 is 5.32 Å². The molecule has 2 rings (SSSR count). The number of likely N-dealkylation sites (tertiary alicyclic amines) is 1. The minimum Gasteiger partial charge on any atom is -0.328 e. The van der Waals surface area contributed by atoms with E-state index < -0.39 is 17.6 Å². The van der Waals surface area contributed by atoms with Gasteiger partial charge in [-0.1, -0.05) is 0 Å². The number of carbonyl (C=O) groups excluding carboxylic acids is 1. The molecular formula is C9H13F3N2O. The van der Waals surface area contributed by atoms with Gasteiger partial charge in [0.2, 0.25) is 0 Å². The fourth-order valence-electron chi connectivity index (χ4n) is 2.58. The molecule has 6 heteroatoms. The number of carbonyl (C=O) groups is 1. The van der Waals surface area contributed by atoms with Crippen molar-refractivity contribution in [3.8, 4) is 0 Å². The number of amides is 1. The van der Waals surface area contributed by atoms with E-state index in [9.17, 15) is 18.0 Å². The smallest absolute Gasteiger partial charge is 0.328 e. The molecule has 2 fully saturated rings. The van der Waals surface area contributed by atoms with Crippen LogP contribution in [0.4, 0.5) is 13.2 Å². The van der Waals surface area contributed by atoms with Crippen molar-refractivity contribution < 1.29 is 18.0 Å². The molecule has 2 aliphatic rings. The van der Waals surface area contributed by atoms with Crippen molar-refractivity contribution in [2.45, 2.75) is 31.0 Å². The van der Waals surface area contributed by atoms with Crippen LogP contribution in [-0.4, -0.2) is 42.2 Å². The number of hydrogen-bond donors (Lipinski definition) is 1. The van der Waals surface area contributed by atoms with Gasteiger partial charge in [0, 0.05) is 13.1 Å². The zero-order valence-electron chi connectivity index (χ0n) is 8.23. The Morgan fingerprint density at radius 1 is 1.33 bits per heavy atom. The number of halogens is 3. The standard InChI is InChI=1S/C9H13F3N2O/c10-9(11,12)7(15)14-5-1-2-8(14)3-4-13-6-8/h13H,1-6H2. The van der Waals surface area contributed by atoms with Gasteiger partial charge in [-0.25, -0.2) is 0 Å². The van der Waals surface area contributed by atoms with Crippen molar-refractivity contribution in [1.82, 2.24) is 10.2 Å². The number of alkyl halides is 3. The molecular weight excluding hydrogens is 209 g/mol. The van der Waals surface area contributed by atoms with Crippen LogP contribution in [-0.2, 0) is 4.79 Å². The molecule has 1 N–H and O–H groups in total. The van der Waals surface area contributed by atoms with Gasteiger partial charge in [-0.2, -0.15) is 13.2 Å². The third kappa shape index (κ3) is 1.71. The van der Waals surface area contributed by atoms with E-state index in [-0.39, 0.29) is 6.54 Å². The summed E-state index contributed by atoms with van der Waals surface area (Å²) in [5, 5.41) is 3.03. The second kappa shape index (κ2) is 3.37. The average Bonchev–Trinajstić information content (AvgIpc) is 2.74. The van der Waals surface area contributed by atoms with E-state index in [2.05, 4.69) is 5.32 Å². The summed E-state index contributed by atoms with van der Waals surface area (Å²) >= 11 is 0. The van der Waals surface area contributed by atoms with Crippen molar-refractivity contribution in [3.05, 3.63) is 0 Å². The van der Waals surface area contributed by atoms with Gasteiger partial charge in [-0.15, -0.1) is 0 Å². The lowest BCUT2D eigenvalue weighted by molar-refractivity contribution is -0.189. The first kappa shape index (κ1) is 10.7. The molecule has 0 aliphatic carbocycles. The molecule has 0 saturated carbocycles. The molecule has 0 aromatic heterocycles. The quantitative estimate of drug-likeness (QED) is 0.660. The summed E-state index contributed by atoms with van der Waals surface area (Å²) in [7, 11) is 0. The second-order valence-corrected chi connectivity index (χ2v) is 4.21. The predicted octanol–water partition coefficient (Wildman–Crippen LogP) is 0.903. The Morgan fingerprint density at radius 2 is 2.07 bits per heavy atom. The largest absolute Gasteiger partial charge is 0.471 e. The Bertz CT molecular complexity index is 266. The summed E-state index contributed by atoms with van der Waals surface area (Å²) in [5.74, 6) is -1.68. The number of nitrogens with zero attached hydrogens (tertiary/aromatic N) is 1. The first-order valence-electron chi connectivity index (χ1n) is 5.05. The van der Waals surface area contributed by atoms with Gasteiger partial charge >= 0.3 is 12.1 Å². The predicted molar refractivity (Wildman–Crippen MR) is 47.2 cm³/mol. The van der Waals surface area contributed by atoms with E-state index in [0.29, 0.717) is 32.4 Å². The minimum atomic E-state index is -4.74. The van der Waals surface area contributed by atoms with E-state index in [0.717, 1.165) is 4.90 Å². The second-order valence-electron chi connectivity index (χ2n) is 4.21. The zero-order valence-corrected chi connectivity index (χ0v) is 8.23. The van der Waals surface area contributed by atoms with E-state index in [1.54, 1.807) is 0 Å². The van der Waals surface area contributed by atoms with Crippen LogP contribution in [0.15, 0.2) is 0 Å². The van der Waals surface area contributed by atoms with E-state index in [4.69, 9.17) is 0 Å². The monoisotopic (exact) mass is 222 g/mol. The van der Waals surface area contributed by atoms with Crippen LogP contribution in [0, 0.1) is 0 Å². The average molecular weight is 222 g/mol. The minimum absolute atomic E-state index is 0.236. The molecule has 0 bridgehead atoms. The fourth-order valence-corrected chi connectivity index (χ4v) is 2.58. The summed E-state index contributed by atoms with van der Waals surface area (Å²) < 4.78 is 37.0. The van der Waals surface area contributed by atoms with Gasteiger partial charge < -0.3 is 10.2 Å². The third-order valence-corrected chi connectivity index (χ3v) is 3.31. The van der Waals surface area contributed by atoms with Gasteiger partial charge in [-0.3, -0.25) is 4.79 Å². The van der Waals surface area contributed by atoms with Gasteiger partial charge in [0.1, 0.15) is 0 Å². The molecule has 2 heterocycles. The maximum absolute atomic E-state index is 12.3. The molecule has 2 aliphatic heterocycles. The summed E-state index contributed by atoms with van der Waals surface area (Å²) in [5.41, 5.74) is -0.563.